The van der Waals surface area contributed by atoms with E-state index < -0.39 is 0 Å². The molecule has 0 unspecified atom stereocenters. The van der Waals surface area contributed by atoms with Crippen molar-refractivity contribution in [3.63, 3.8) is 0 Å². The quantitative estimate of drug-likeness (QED) is 0.564. The third kappa shape index (κ3) is 1.17. The molecule has 3 rings (SSSR count). The van der Waals surface area contributed by atoms with Crippen molar-refractivity contribution in [3.05, 3.63) is 45.2 Å². The molecule has 68 valence electrons. The molecule has 0 saturated carbocycles. The van der Waals surface area contributed by atoms with Gasteiger partial charge in [0.25, 0.3) is 0 Å². The van der Waals surface area contributed by atoms with Crippen LogP contribution in [0, 0.1) is 0 Å². The van der Waals surface area contributed by atoms with Crippen molar-refractivity contribution in [3.8, 4) is 0 Å². The van der Waals surface area contributed by atoms with Crippen molar-refractivity contribution >= 4 is 42.8 Å². The summed E-state index contributed by atoms with van der Waals surface area (Å²) in [6, 6.07) is 9.87. The molecule has 0 N–H and O–H groups in total. The molecule has 0 fully saturated rings. The standard InChI is InChI=1S/C11H6OS2/c12-11-2-1-7-5-8-3-4-13-9(8)6-10(7)14-11/h1-6H. The number of hydrogen-bond acceptors (Lipinski definition) is 3. The maximum Gasteiger partial charge on any atom is 0.232 e. The van der Waals surface area contributed by atoms with E-state index in [-0.39, 0.29) is 4.74 Å². The van der Waals surface area contributed by atoms with E-state index >= 15 is 0 Å². The largest absolute Gasteiger partial charge is 0.278 e. The highest BCUT2D eigenvalue weighted by Crippen LogP contribution is 2.27. The van der Waals surface area contributed by atoms with Crippen molar-refractivity contribution in [1.82, 2.24) is 0 Å². The molecule has 2 heterocycles. The van der Waals surface area contributed by atoms with Crippen LogP contribution in [0.5, 0.6) is 0 Å². The summed E-state index contributed by atoms with van der Waals surface area (Å²) in [4.78, 5) is 11.2. The summed E-state index contributed by atoms with van der Waals surface area (Å²) >= 11 is 3.02. The van der Waals surface area contributed by atoms with Gasteiger partial charge in [-0.15, -0.1) is 11.3 Å². The van der Waals surface area contributed by atoms with Crippen LogP contribution in [0.1, 0.15) is 0 Å². The fraction of sp³-hybridized carbons (Fsp3) is 0. The molecular formula is C11H6OS2. The van der Waals surface area contributed by atoms with Gasteiger partial charge in [-0.3, -0.25) is 4.79 Å². The fourth-order valence-electron chi connectivity index (χ4n) is 1.53. The van der Waals surface area contributed by atoms with E-state index in [0.717, 1.165) is 10.1 Å². The molecular weight excluding hydrogens is 212 g/mol. The highest BCUT2D eigenvalue weighted by molar-refractivity contribution is 7.19. The lowest BCUT2D eigenvalue weighted by Crippen LogP contribution is -1.88. The minimum absolute atomic E-state index is 0.119. The average Bonchev–Trinajstić information content (AvgIpc) is 2.61. The molecule has 1 aromatic carbocycles. The Hall–Kier alpha value is -1.19. The molecule has 14 heavy (non-hydrogen) atoms. The second kappa shape index (κ2) is 2.90. The van der Waals surface area contributed by atoms with Gasteiger partial charge in [-0.2, -0.15) is 0 Å². The molecule has 3 aromatic rings. The van der Waals surface area contributed by atoms with Gasteiger partial charge in [0.2, 0.25) is 4.74 Å². The van der Waals surface area contributed by atoms with E-state index in [1.807, 2.05) is 6.07 Å². The molecule has 0 atom stereocenters. The van der Waals surface area contributed by atoms with Crippen molar-refractivity contribution < 1.29 is 0 Å². The van der Waals surface area contributed by atoms with Gasteiger partial charge in [-0.05, 0) is 46.5 Å². The molecule has 2 aromatic heterocycles. The van der Waals surface area contributed by atoms with Crippen molar-refractivity contribution in [2.75, 3.05) is 0 Å². The van der Waals surface area contributed by atoms with Crippen molar-refractivity contribution in [1.29, 1.82) is 0 Å². The lowest BCUT2D eigenvalue weighted by atomic mass is 10.2. The fourth-order valence-corrected chi connectivity index (χ4v) is 3.19. The van der Waals surface area contributed by atoms with E-state index in [9.17, 15) is 4.79 Å². The SMILES string of the molecule is O=c1ccc2cc3ccsc3cc2s1. The highest BCUT2D eigenvalue weighted by atomic mass is 32.1. The van der Waals surface area contributed by atoms with Crippen LogP contribution in [0.15, 0.2) is 40.5 Å². The first kappa shape index (κ1) is 8.15. The predicted molar refractivity (Wildman–Crippen MR) is 63.5 cm³/mol. The molecule has 0 amide bonds. The first-order valence-corrected chi connectivity index (χ1v) is 5.94. The van der Waals surface area contributed by atoms with E-state index in [1.54, 1.807) is 17.4 Å². The predicted octanol–water partition coefficient (Wildman–Crippen LogP) is 3.48. The summed E-state index contributed by atoms with van der Waals surface area (Å²) in [5.41, 5.74) is 0. The summed E-state index contributed by atoms with van der Waals surface area (Å²) in [7, 11) is 0. The third-order valence-corrected chi connectivity index (χ3v) is 3.98. The first-order valence-electron chi connectivity index (χ1n) is 4.24. The maximum atomic E-state index is 11.2. The molecule has 0 saturated heterocycles. The molecule has 0 bridgehead atoms. The Kier molecular flexibility index (Phi) is 1.69. The normalized spacial score (nSPS) is 11.1. The van der Waals surface area contributed by atoms with Crippen molar-refractivity contribution in [2.45, 2.75) is 0 Å². The van der Waals surface area contributed by atoms with E-state index in [2.05, 4.69) is 23.6 Å². The summed E-state index contributed by atoms with van der Waals surface area (Å²) < 4.78 is 2.44. The molecule has 0 aliphatic heterocycles. The lowest BCUT2D eigenvalue weighted by molar-refractivity contribution is 1.82. The summed E-state index contributed by atoms with van der Waals surface area (Å²) in [5.74, 6) is 0. The second-order valence-electron chi connectivity index (χ2n) is 3.10. The Labute approximate surface area is 88.2 Å². The second-order valence-corrected chi connectivity index (χ2v) is 5.10. The molecule has 0 aliphatic carbocycles. The Morgan fingerprint density at radius 1 is 0.929 bits per heavy atom. The Balaban J connectivity index is 2.56. The zero-order valence-corrected chi connectivity index (χ0v) is 8.82. The van der Waals surface area contributed by atoms with Crippen molar-refractivity contribution in [2.24, 2.45) is 0 Å². The van der Waals surface area contributed by atoms with Gasteiger partial charge in [0.15, 0.2) is 0 Å². The Morgan fingerprint density at radius 2 is 1.79 bits per heavy atom. The Morgan fingerprint density at radius 3 is 2.71 bits per heavy atom. The number of thiophene rings is 1. The molecule has 0 aliphatic rings. The van der Waals surface area contributed by atoms with Gasteiger partial charge >= 0.3 is 0 Å². The van der Waals surface area contributed by atoms with Gasteiger partial charge in [0.05, 0.1) is 0 Å². The number of benzene rings is 1. The van der Waals surface area contributed by atoms with Crippen LogP contribution in [0.25, 0.3) is 20.2 Å². The minimum atomic E-state index is 0.119. The van der Waals surface area contributed by atoms with Gasteiger partial charge in [-0.25, -0.2) is 0 Å². The van der Waals surface area contributed by atoms with Crippen LogP contribution in [-0.4, -0.2) is 0 Å². The third-order valence-electron chi connectivity index (χ3n) is 2.19. The van der Waals surface area contributed by atoms with Crippen LogP contribution in [0.3, 0.4) is 0 Å². The van der Waals surface area contributed by atoms with Crippen LogP contribution < -0.4 is 4.74 Å². The first-order chi connectivity index (χ1) is 6.83. The van der Waals surface area contributed by atoms with E-state index in [1.165, 1.54) is 21.4 Å². The number of hydrogen-bond donors (Lipinski definition) is 0. The molecule has 3 heteroatoms. The maximum absolute atomic E-state index is 11.2. The lowest BCUT2D eigenvalue weighted by Gasteiger charge is -1.95. The smallest absolute Gasteiger partial charge is 0.232 e. The van der Waals surface area contributed by atoms with Crippen LogP contribution in [0.4, 0.5) is 0 Å². The molecule has 0 radical (unpaired) electrons. The van der Waals surface area contributed by atoms with Gasteiger partial charge in [0.1, 0.15) is 0 Å². The van der Waals surface area contributed by atoms with Crippen LogP contribution >= 0.6 is 22.7 Å². The molecule has 1 nitrogen and oxygen atoms in total. The van der Waals surface area contributed by atoms with Crippen LogP contribution in [0.2, 0.25) is 0 Å². The van der Waals surface area contributed by atoms with E-state index in [4.69, 9.17) is 0 Å². The van der Waals surface area contributed by atoms with Crippen LogP contribution in [-0.2, 0) is 0 Å². The van der Waals surface area contributed by atoms with E-state index in [0.29, 0.717) is 0 Å². The zero-order chi connectivity index (χ0) is 9.54. The number of rotatable bonds is 0. The van der Waals surface area contributed by atoms with Gasteiger partial charge in [-0.1, -0.05) is 11.3 Å². The van der Waals surface area contributed by atoms with Gasteiger partial charge in [0, 0.05) is 9.40 Å². The topological polar surface area (TPSA) is 17.1 Å². The highest BCUT2D eigenvalue weighted by Gasteiger charge is 1.99. The number of fused-ring (bicyclic) bond motifs is 2. The Bertz CT molecular complexity index is 663. The average molecular weight is 218 g/mol. The zero-order valence-electron chi connectivity index (χ0n) is 7.19. The summed E-state index contributed by atoms with van der Waals surface area (Å²) in [5, 5.41) is 4.49. The van der Waals surface area contributed by atoms with Gasteiger partial charge < -0.3 is 0 Å². The minimum Gasteiger partial charge on any atom is -0.278 e. The molecule has 0 spiro atoms. The monoisotopic (exact) mass is 218 g/mol. The summed E-state index contributed by atoms with van der Waals surface area (Å²) in [6.07, 6.45) is 0. The summed E-state index contributed by atoms with van der Waals surface area (Å²) in [6.45, 7) is 0.